The molecule has 112 valence electrons. The van der Waals surface area contributed by atoms with Gasteiger partial charge < -0.3 is 9.84 Å². The fraction of sp³-hybridized carbons (Fsp3) is 0.462. The molecule has 0 aliphatic carbocycles. The van der Waals surface area contributed by atoms with Crippen molar-refractivity contribution in [3.8, 4) is 0 Å². The number of benzene rings is 1. The summed E-state index contributed by atoms with van der Waals surface area (Å²) in [6, 6.07) is 6.88. The Balaban J connectivity index is 2.63. The number of rotatable bonds is 9. The molecule has 0 fully saturated rings. The first-order valence-corrected chi connectivity index (χ1v) is 7.84. The summed E-state index contributed by atoms with van der Waals surface area (Å²) >= 11 is 0. The van der Waals surface area contributed by atoms with Crippen molar-refractivity contribution in [1.29, 1.82) is 0 Å². The SMILES string of the molecule is COCCCS(=O)(=O)NCc1ccccc1CC(=O)O. The van der Waals surface area contributed by atoms with E-state index in [1.54, 1.807) is 24.3 Å². The molecule has 0 radical (unpaired) electrons. The normalized spacial score (nSPS) is 11.4. The zero-order valence-electron chi connectivity index (χ0n) is 11.3. The highest BCUT2D eigenvalue weighted by Gasteiger charge is 2.12. The Hall–Kier alpha value is -1.44. The summed E-state index contributed by atoms with van der Waals surface area (Å²) in [5, 5.41) is 8.81. The Morgan fingerprint density at radius 3 is 2.55 bits per heavy atom. The molecular formula is C13H19NO5S. The van der Waals surface area contributed by atoms with Gasteiger partial charge in [0.1, 0.15) is 0 Å². The molecule has 1 aromatic carbocycles. The largest absolute Gasteiger partial charge is 0.481 e. The van der Waals surface area contributed by atoms with E-state index in [0.29, 0.717) is 24.2 Å². The smallest absolute Gasteiger partial charge is 0.307 e. The molecule has 0 aliphatic heterocycles. The lowest BCUT2D eigenvalue weighted by Gasteiger charge is -2.10. The van der Waals surface area contributed by atoms with E-state index in [9.17, 15) is 13.2 Å². The van der Waals surface area contributed by atoms with Gasteiger partial charge in [0.15, 0.2) is 0 Å². The van der Waals surface area contributed by atoms with Gasteiger partial charge in [-0.3, -0.25) is 4.79 Å². The molecule has 1 aromatic rings. The van der Waals surface area contributed by atoms with Gasteiger partial charge in [-0.15, -0.1) is 0 Å². The van der Waals surface area contributed by atoms with Crippen LogP contribution in [-0.4, -0.2) is 39.0 Å². The molecule has 0 amide bonds. The Bertz CT molecular complexity index is 541. The second-order valence-corrected chi connectivity index (χ2v) is 6.25. The van der Waals surface area contributed by atoms with E-state index in [2.05, 4.69) is 4.72 Å². The molecule has 2 N–H and O–H groups in total. The van der Waals surface area contributed by atoms with E-state index in [4.69, 9.17) is 9.84 Å². The number of hydrogen-bond donors (Lipinski definition) is 2. The van der Waals surface area contributed by atoms with Gasteiger partial charge in [0.2, 0.25) is 10.0 Å². The van der Waals surface area contributed by atoms with Gasteiger partial charge in [0, 0.05) is 20.3 Å². The summed E-state index contributed by atoms with van der Waals surface area (Å²) < 4.78 is 30.7. The van der Waals surface area contributed by atoms with Gasteiger partial charge >= 0.3 is 5.97 Å². The third-order valence-electron chi connectivity index (χ3n) is 2.70. The topological polar surface area (TPSA) is 92.7 Å². The molecule has 0 unspecified atom stereocenters. The number of nitrogens with one attached hydrogen (secondary N) is 1. The van der Waals surface area contributed by atoms with Crippen molar-refractivity contribution in [3.05, 3.63) is 35.4 Å². The quantitative estimate of drug-likeness (QED) is 0.657. The number of sulfonamides is 1. The zero-order chi connectivity index (χ0) is 15.0. The number of aliphatic carboxylic acids is 1. The third-order valence-corrected chi connectivity index (χ3v) is 4.11. The van der Waals surface area contributed by atoms with Crippen LogP contribution in [0.2, 0.25) is 0 Å². The van der Waals surface area contributed by atoms with E-state index in [0.717, 1.165) is 0 Å². The number of ether oxygens (including phenoxy) is 1. The fourth-order valence-electron chi connectivity index (χ4n) is 1.72. The van der Waals surface area contributed by atoms with Crippen molar-refractivity contribution in [2.24, 2.45) is 0 Å². The summed E-state index contributed by atoms with van der Waals surface area (Å²) in [5.41, 5.74) is 1.28. The maximum atomic E-state index is 11.7. The van der Waals surface area contributed by atoms with Gasteiger partial charge in [-0.1, -0.05) is 24.3 Å². The lowest BCUT2D eigenvalue weighted by Crippen LogP contribution is -2.27. The molecule has 0 spiro atoms. The van der Waals surface area contributed by atoms with Crippen molar-refractivity contribution in [2.75, 3.05) is 19.5 Å². The maximum absolute atomic E-state index is 11.7. The van der Waals surface area contributed by atoms with Crippen LogP contribution in [0, 0.1) is 0 Å². The van der Waals surface area contributed by atoms with Gasteiger partial charge in [0.05, 0.1) is 12.2 Å². The third kappa shape index (κ3) is 6.14. The Morgan fingerprint density at radius 1 is 1.30 bits per heavy atom. The molecule has 0 atom stereocenters. The number of carbonyl (C=O) groups is 1. The summed E-state index contributed by atoms with van der Waals surface area (Å²) in [6.07, 6.45) is 0.296. The Morgan fingerprint density at radius 2 is 1.95 bits per heavy atom. The van der Waals surface area contributed by atoms with E-state index in [-0.39, 0.29) is 18.7 Å². The first kappa shape index (κ1) is 16.6. The number of hydrogen-bond acceptors (Lipinski definition) is 4. The first-order valence-electron chi connectivity index (χ1n) is 6.19. The molecule has 1 rings (SSSR count). The van der Waals surface area contributed by atoms with Crippen molar-refractivity contribution in [3.63, 3.8) is 0 Å². The van der Waals surface area contributed by atoms with Crippen LogP contribution in [0.15, 0.2) is 24.3 Å². The predicted octanol–water partition coefficient (Wildman–Crippen LogP) is 0.770. The molecular weight excluding hydrogens is 282 g/mol. The van der Waals surface area contributed by atoms with Crippen molar-refractivity contribution in [1.82, 2.24) is 4.72 Å². The molecule has 20 heavy (non-hydrogen) atoms. The van der Waals surface area contributed by atoms with Gasteiger partial charge in [-0.2, -0.15) is 0 Å². The van der Waals surface area contributed by atoms with E-state index < -0.39 is 16.0 Å². The standard InChI is InChI=1S/C13H19NO5S/c1-19-7-4-8-20(17,18)14-10-12-6-3-2-5-11(12)9-13(15)16/h2-3,5-6,14H,4,7-10H2,1H3,(H,15,16). The van der Waals surface area contributed by atoms with E-state index in [1.165, 1.54) is 7.11 Å². The fourth-order valence-corrected chi connectivity index (χ4v) is 2.74. The number of carboxylic acids is 1. The molecule has 7 heteroatoms. The van der Waals surface area contributed by atoms with Gasteiger partial charge in [-0.05, 0) is 17.5 Å². The summed E-state index contributed by atoms with van der Waals surface area (Å²) in [4.78, 5) is 10.7. The van der Waals surface area contributed by atoms with Crippen molar-refractivity contribution in [2.45, 2.75) is 19.4 Å². The number of methoxy groups -OCH3 is 1. The van der Waals surface area contributed by atoms with Crippen LogP contribution in [0.25, 0.3) is 0 Å². The molecule has 0 heterocycles. The van der Waals surface area contributed by atoms with Gasteiger partial charge in [0.25, 0.3) is 0 Å². The molecule has 0 saturated carbocycles. The maximum Gasteiger partial charge on any atom is 0.307 e. The summed E-state index contributed by atoms with van der Waals surface area (Å²) in [5.74, 6) is -0.956. The Kier molecular flexibility index (Phi) is 6.63. The zero-order valence-corrected chi connectivity index (χ0v) is 12.1. The molecule has 0 bridgehead atoms. The second kappa shape index (κ2) is 7.98. The van der Waals surface area contributed by atoms with Crippen LogP contribution < -0.4 is 4.72 Å². The average Bonchev–Trinajstić information content (AvgIpc) is 2.37. The van der Waals surface area contributed by atoms with Crippen LogP contribution in [-0.2, 0) is 32.5 Å². The van der Waals surface area contributed by atoms with E-state index >= 15 is 0 Å². The first-order chi connectivity index (χ1) is 9.44. The second-order valence-electron chi connectivity index (χ2n) is 4.33. The minimum Gasteiger partial charge on any atom is -0.481 e. The van der Waals surface area contributed by atoms with E-state index in [1.807, 2.05) is 0 Å². The minimum atomic E-state index is -3.37. The highest BCUT2D eigenvalue weighted by atomic mass is 32.2. The summed E-state index contributed by atoms with van der Waals surface area (Å²) in [7, 11) is -1.86. The lowest BCUT2D eigenvalue weighted by atomic mass is 10.1. The highest BCUT2D eigenvalue weighted by Crippen LogP contribution is 2.10. The highest BCUT2D eigenvalue weighted by molar-refractivity contribution is 7.89. The average molecular weight is 301 g/mol. The lowest BCUT2D eigenvalue weighted by molar-refractivity contribution is -0.136. The molecule has 0 aliphatic rings. The minimum absolute atomic E-state index is 0.0120. The van der Waals surface area contributed by atoms with Crippen LogP contribution in [0.4, 0.5) is 0 Å². The van der Waals surface area contributed by atoms with Crippen LogP contribution in [0.5, 0.6) is 0 Å². The van der Waals surface area contributed by atoms with Crippen LogP contribution >= 0.6 is 0 Å². The monoisotopic (exact) mass is 301 g/mol. The summed E-state index contributed by atoms with van der Waals surface area (Å²) in [6.45, 7) is 0.481. The van der Waals surface area contributed by atoms with Crippen LogP contribution in [0.1, 0.15) is 17.5 Å². The van der Waals surface area contributed by atoms with Crippen molar-refractivity contribution >= 4 is 16.0 Å². The predicted molar refractivity (Wildman–Crippen MR) is 74.9 cm³/mol. The van der Waals surface area contributed by atoms with Crippen LogP contribution in [0.3, 0.4) is 0 Å². The molecule has 6 nitrogen and oxygen atoms in total. The van der Waals surface area contributed by atoms with Gasteiger partial charge in [-0.25, -0.2) is 13.1 Å². The molecule has 0 aromatic heterocycles. The van der Waals surface area contributed by atoms with Crippen molar-refractivity contribution < 1.29 is 23.1 Å². The molecule has 0 saturated heterocycles. The number of carboxylic acid groups (broad SMARTS) is 1. The Labute approximate surface area is 118 Å².